The van der Waals surface area contributed by atoms with Crippen LogP contribution in [0.5, 0.6) is 0 Å². The lowest BCUT2D eigenvalue weighted by molar-refractivity contribution is -0.117. The summed E-state index contributed by atoms with van der Waals surface area (Å²) in [5, 5.41) is -0.191. The van der Waals surface area contributed by atoms with Gasteiger partial charge in [0.25, 0.3) is 0 Å². The normalized spacial score (nSPS) is 13.5. The number of aryl methyl sites for hydroxylation is 1. The van der Waals surface area contributed by atoms with Gasteiger partial charge in [0.05, 0.1) is 5.25 Å². The van der Waals surface area contributed by atoms with E-state index in [1.165, 1.54) is 22.9 Å². The van der Waals surface area contributed by atoms with Gasteiger partial charge in [-0.1, -0.05) is 32.9 Å². The van der Waals surface area contributed by atoms with E-state index in [0.717, 1.165) is 4.90 Å². The van der Waals surface area contributed by atoms with Crippen molar-refractivity contribution in [2.45, 2.75) is 50.2 Å². The molecule has 0 radical (unpaired) electrons. The fraction of sp³-hybridized carbons (Fsp3) is 0.500. The maximum atomic E-state index is 11.1. The number of benzene rings is 1. The molecule has 0 aliphatic carbocycles. The Hall–Kier alpha value is -0.960. The summed E-state index contributed by atoms with van der Waals surface area (Å²) in [4.78, 5) is 12.2. The molecule has 1 amide bonds. The van der Waals surface area contributed by atoms with Crippen LogP contribution in [-0.2, 0) is 10.2 Å². The first-order valence-electron chi connectivity index (χ1n) is 5.79. The minimum atomic E-state index is -0.268. The molecule has 0 fully saturated rings. The summed E-state index contributed by atoms with van der Waals surface area (Å²) in [5.74, 6) is -0.268. The van der Waals surface area contributed by atoms with Gasteiger partial charge in [-0.05, 0) is 36.5 Å². The van der Waals surface area contributed by atoms with Crippen LogP contribution < -0.4 is 5.73 Å². The van der Waals surface area contributed by atoms with E-state index < -0.39 is 0 Å². The number of hydrogen-bond acceptors (Lipinski definition) is 2. The second-order valence-electron chi connectivity index (χ2n) is 5.39. The molecule has 0 unspecified atom stereocenters. The van der Waals surface area contributed by atoms with Crippen LogP contribution in [0.1, 0.15) is 38.8 Å². The molecule has 0 heterocycles. The summed E-state index contributed by atoms with van der Waals surface area (Å²) < 4.78 is 0. The molecule has 1 aromatic carbocycles. The van der Waals surface area contributed by atoms with Crippen LogP contribution in [0.15, 0.2) is 23.1 Å². The van der Waals surface area contributed by atoms with Gasteiger partial charge in [0.2, 0.25) is 5.91 Å². The first-order chi connectivity index (χ1) is 7.71. The highest BCUT2D eigenvalue weighted by molar-refractivity contribution is 8.00. The maximum absolute atomic E-state index is 11.1. The smallest absolute Gasteiger partial charge is 0.230 e. The molecule has 0 saturated heterocycles. The highest BCUT2D eigenvalue weighted by Gasteiger charge is 2.17. The lowest BCUT2D eigenvalue weighted by Crippen LogP contribution is -2.22. The molecule has 0 saturated carbocycles. The third-order valence-electron chi connectivity index (χ3n) is 2.76. The number of rotatable bonds is 3. The van der Waals surface area contributed by atoms with E-state index in [1.54, 1.807) is 0 Å². The number of carbonyl (C=O) groups excluding carboxylic acids is 1. The van der Waals surface area contributed by atoms with E-state index >= 15 is 0 Å². The zero-order valence-corrected chi connectivity index (χ0v) is 12.0. The number of carbonyl (C=O) groups is 1. The molecule has 0 aliphatic rings. The van der Waals surface area contributed by atoms with Crippen LogP contribution >= 0.6 is 11.8 Å². The molecule has 1 aromatic rings. The second kappa shape index (κ2) is 5.13. The first-order valence-corrected chi connectivity index (χ1v) is 6.67. The van der Waals surface area contributed by atoms with Gasteiger partial charge in [-0.25, -0.2) is 0 Å². The summed E-state index contributed by atoms with van der Waals surface area (Å²) in [6.07, 6.45) is 0. The molecule has 94 valence electrons. The minimum Gasteiger partial charge on any atom is -0.369 e. The summed E-state index contributed by atoms with van der Waals surface area (Å²) in [6, 6.07) is 6.42. The average Bonchev–Trinajstić information content (AvgIpc) is 2.19. The Bertz CT molecular complexity index is 421. The zero-order valence-electron chi connectivity index (χ0n) is 11.2. The van der Waals surface area contributed by atoms with Crippen LogP contribution in [-0.4, -0.2) is 11.2 Å². The summed E-state index contributed by atoms with van der Waals surface area (Å²) >= 11 is 1.53. The predicted molar refractivity (Wildman–Crippen MR) is 74.4 cm³/mol. The van der Waals surface area contributed by atoms with E-state index in [2.05, 4.69) is 45.9 Å². The minimum absolute atomic E-state index is 0.124. The monoisotopic (exact) mass is 251 g/mol. The fourth-order valence-corrected chi connectivity index (χ4v) is 2.39. The molecule has 1 rings (SSSR count). The standard InChI is InChI=1S/C14H21NOS/c1-9-6-7-11(14(3,4)5)8-12(9)17-10(2)13(15)16/h6-8,10H,1-5H3,(H2,15,16)/t10-/m0/s1. The zero-order chi connectivity index (χ0) is 13.2. The van der Waals surface area contributed by atoms with E-state index in [0.29, 0.717) is 0 Å². The van der Waals surface area contributed by atoms with Crippen molar-refractivity contribution in [2.24, 2.45) is 5.73 Å². The molecule has 3 heteroatoms. The van der Waals surface area contributed by atoms with Crippen molar-refractivity contribution in [3.8, 4) is 0 Å². The lowest BCUT2D eigenvalue weighted by atomic mass is 9.87. The maximum Gasteiger partial charge on any atom is 0.230 e. The van der Waals surface area contributed by atoms with Crippen molar-refractivity contribution in [1.82, 2.24) is 0 Å². The van der Waals surface area contributed by atoms with E-state index in [-0.39, 0.29) is 16.6 Å². The van der Waals surface area contributed by atoms with Gasteiger partial charge >= 0.3 is 0 Å². The predicted octanol–water partition coefficient (Wildman–Crippen LogP) is 3.26. The Kier molecular flexibility index (Phi) is 4.26. The van der Waals surface area contributed by atoms with Crippen LogP contribution in [0, 0.1) is 6.92 Å². The van der Waals surface area contributed by atoms with Crippen molar-refractivity contribution in [1.29, 1.82) is 0 Å². The highest BCUT2D eigenvalue weighted by Crippen LogP contribution is 2.31. The van der Waals surface area contributed by atoms with Crippen LogP contribution in [0.4, 0.5) is 0 Å². The molecule has 17 heavy (non-hydrogen) atoms. The Morgan fingerprint density at radius 1 is 1.35 bits per heavy atom. The Morgan fingerprint density at radius 3 is 2.41 bits per heavy atom. The third kappa shape index (κ3) is 3.77. The quantitative estimate of drug-likeness (QED) is 0.838. The van der Waals surface area contributed by atoms with E-state index in [1.807, 2.05) is 6.92 Å². The Balaban J connectivity index is 3.03. The van der Waals surface area contributed by atoms with Gasteiger partial charge < -0.3 is 5.73 Å². The number of thioether (sulfide) groups is 1. The second-order valence-corrected chi connectivity index (χ2v) is 6.78. The molecular weight excluding hydrogens is 230 g/mol. The van der Waals surface area contributed by atoms with E-state index in [9.17, 15) is 4.79 Å². The van der Waals surface area contributed by atoms with Gasteiger partial charge in [-0.2, -0.15) is 0 Å². The molecule has 2 N–H and O–H groups in total. The van der Waals surface area contributed by atoms with Crippen molar-refractivity contribution in [2.75, 3.05) is 0 Å². The summed E-state index contributed by atoms with van der Waals surface area (Å²) in [5.41, 5.74) is 7.89. The molecule has 0 bridgehead atoms. The lowest BCUT2D eigenvalue weighted by Gasteiger charge is -2.21. The molecule has 2 nitrogen and oxygen atoms in total. The number of primary amides is 1. The van der Waals surface area contributed by atoms with Gasteiger partial charge in [0, 0.05) is 4.90 Å². The SMILES string of the molecule is Cc1ccc(C(C)(C)C)cc1S[C@@H](C)C(N)=O. The summed E-state index contributed by atoms with van der Waals surface area (Å²) in [6.45, 7) is 10.5. The highest BCUT2D eigenvalue weighted by atomic mass is 32.2. The van der Waals surface area contributed by atoms with Crippen LogP contribution in [0.25, 0.3) is 0 Å². The first kappa shape index (κ1) is 14.1. The summed E-state index contributed by atoms with van der Waals surface area (Å²) in [7, 11) is 0. The number of amides is 1. The Morgan fingerprint density at radius 2 is 1.94 bits per heavy atom. The van der Waals surface area contributed by atoms with Crippen LogP contribution in [0.3, 0.4) is 0 Å². The molecule has 0 spiro atoms. The largest absolute Gasteiger partial charge is 0.369 e. The van der Waals surface area contributed by atoms with Gasteiger partial charge in [-0.3, -0.25) is 4.79 Å². The van der Waals surface area contributed by atoms with Crippen molar-refractivity contribution < 1.29 is 4.79 Å². The van der Waals surface area contributed by atoms with Crippen LogP contribution in [0.2, 0.25) is 0 Å². The van der Waals surface area contributed by atoms with Crippen molar-refractivity contribution in [3.05, 3.63) is 29.3 Å². The number of hydrogen-bond donors (Lipinski definition) is 1. The third-order valence-corrected chi connectivity index (χ3v) is 4.04. The van der Waals surface area contributed by atoms with Gasteiger partial charge in [0.15, 0.2) is 0 Å². The fourth-order valence-electron chi connectivity index (χ4n) is 1.44. The average molecular weight is 251 g/mol. The Labute approximate surface area is 108 Å². The van der Waals surface area contributed by atoms with Crippen molar-refractivity contribution in [3.63, 3.8) is 0 Å². The van der Waals surface area contributed by atoms with E-state index in [4.69, 9.17) is 5.73 Å². The molecule has 1 atom stereocenters. The molecular formula is C14H21NOS. The molecule has 0 aliphatic heterocycles. The number of nitrogens with two attached hydrogens (primary N) is 1. The van der Waals surface area contributed by atoms with Gasteiger partial charge in [-0.15, -0.1) is 11.8 Å². The van der Waals surface area contributed by atoms with Gasteiger partial charge in [0.1, 0.15) is 0 Å². The molecule has 0 aromatic heterocycles. The topological polar surface area (TPSA) is 43.1 Å². The van der Waals surface area contributed by atoms with Crippen molar-refractivity contribution >= 4 is 17.7 Å².